The highest BCUT2D eigenvalue weighted by Gasteiger charge is 2.57. The fourth-order valence-electron chi connectivity index (χ4n) is 1.58. The monoisotopic (exact) mass is 198 g/mol. The van der Waals surface area contributed by atoms with Crippen LogP contribution in [0.1, 0.15) is 19.3 Å². The van der Waals surface area contributed by atoms with Gasteiger partial charge in [0.1, 0.15) is 0 Å². The van der Waals surface area contributed by atoms with E-state index >= 15 is 0 Å². The van der Waals surface area contributed by atoms with Crippen LogP contribution in [0.25, 0.3) is 0 Å². The molecule has 0 aromatic rings. The summed E-state index contributed by atoms with van der Waals surface area (Å²) in [6.45, 7) is 0. The molecule has 0 aliphatic heterocycles. The van der Waals surface area contributed by atoms with Gasteiger partial charge in [-0.15, -0.1) is 0 Å². The van der Waals surface area contributed by atoms with Crippen LogP contribution in [-0.2, 0) is 0 Å². The highest BCUT2D eigenvalue weighted by atomic mass is 32.2. The van der Waals surface area contributed by atoms with Gasteiger partial charge in [0.05, 0.1) is 5.41 Å². The van der Waals surface area contributed by atoms with E-state index in [0.29, 0.717) is 12.8 Å². The van der Waals surface area contributed by atoms with E-state index in [1.165, 1.54) is 0 Å². The largest absolute Gasteiger partial charge is 0.395 e. The van der Waals surface area contributed by atoms with E-state index in [2.05, 4.69) is 5.87 Å². The van der Waals surface area contributed by atoms with Crippen molar-refractivity contribution >= 4 is 16.4 Å². The molecule has 0 heterocycles. The van der Waals surface area contributed by atoms with Crippen molar-refractivity contribution in [2.24, 2.45) is 5.41 Å². The number of halogens is 3. The maximum absolute atomic E-state index is 12.5. The Balaban J connectivity index is 2.70. The third-order valence-corrected chi connectivity index (χ3v) is 3.48. The van der Waals surface area contributed by atoms with Crippen LogP contribution in [-0.4, -0.2) is 24.1 Å². The van der Waals surface area contributed by atoms with Crippen molar-refractivity contribution in [2.45, 2.75) is 25.4 Å². The predicted molar refractivity (Wildman–Crippen MR) is 47.8 cm³/mol. The van der Waals surface area contributed by atoms with Gasteiger partial charge in [-0.1, -0.05) is 12.3 Å². The SMILES string of the molecule is C=S(C)CC1(C(F)(F)F)CCC1. The van der Waals surface area contributed by atoms with Gasteiger partial charge in [-0.3, -0.25) is 0 Å². The molecule has 0 radical (unpaired) electrons. The Kier molecular flexibility index (Phi) is 2.57. The van der Waals surface area contributed by atoms with Gasteiger partial charge in [0.2, 0.25) is 0 Å². The summed E-state index contributed by atoms with van der Waals surface area (Å²) >= 11 is 0. The van der Waals surface area contributed by atoms with Crippen molar-refractivity contribution < 1.29 is 13.2 Å². The number of rotatable bonds is 2. The van der Waals surface area contributed by atoms with Gasteiger partial charge >= 0.3 is 6.18 Å². The first kappa shape index (κ1) is 10.1. The minimum Gasteiger partial charge on any atom is -0.195 e. The van der Waals surface area contributed by atoms with Crippen LogP contribution in [0.2, 0.25) is 0 Å². The molecular formula is C8H13F3S. The van der Waals surface area contributed by atoms with Gasteiger partial charge < -0.3 is 0 Å². The van der Waals surface area contributed by atoms with E-state index < -0.39 is 11.6 Å². The van der Waals surface area contributed by atoms with Crippen LogP contribution < -0.4 is 0 Å². The lowest BCUT2D eigenvalue weighted by atomic mass is 9.70. The Morgan fingerprint density at radius 3 is 2.00 bits per heavy atom. The summed E-state index contributed by atoms with van der Waals surface area (Å²) in [5.74, 6) is 3.87. The first-order valence-corrected chi connectivity index (χ1v) is 5.83. The maximum Gasteiger partial charge on any atom is 0.395 e. The molecule has 1 atom stereocenters. The Hall–Kier alpha value is 0.01000. The molecular weight excluding hydrogens is 185 g/mol. The number of hydrogen-bond acceptors (Lipinski definition) is 0. The van der Waals surface area contributed by atoms with Crippen LogP contribution in [0.5, 0.6) is 0 Å². The summed E-state index contributed by atoms with van der Waals surface area (Å²) < 4.78 is 37.5. The Labute approximate surface area is 73.1 Å². The van der Waals surface area contributed by atoms with E-state index in [1.807, 2.05) is 0 Å². The second-order valence-electron chi connectivity index (χ2n) is 3.56. The second-order valence-corrected chi connectivity index (χ2v) is 5.41. The second kappa shape index (κ2) is 3.05. The van der Waals surface area contributed by atoms with Crippen LogP contribution in [0, 0.1) is 5.41 Å². The van der Waals surface area contributed by atoms with Gasteiger partial charge in [0.15, 0.2) is 0 Å². The smallest absolute Gasteiger partial charge is 0.195 e. The molecule has 0 nitrogen and oxygen atoms in total. The zero-order valence-corrected chi connectivity index (χ0v) is 7.89. The van der Waals surface area contributed by atoms with Crippen LogP contribution >= 0.6 is 10.5 Å². The summed E-state index contributed by atoms with van der Waals surface area (Å²) in [6.07, 6.45) is -0.903. The summed E-state index contributed by atoms with van der Waals surface area (Å²) in [6, 6.07) is 0. The average Bonchev–Trinajstić information content (AvgIpc) is 1.74. The van der Waals surface area contributed by atoms with Gasteiger partial charge in [-0.05, 0) is 19.1 Å². The first-order valence-electron chi connectivity index (χ1n) is 3.86. The van der Waals surface area contributed by atoms with E-state index in [9.17, 15) is 13.2 Å². The average molecular weight is 198 g/mol. The van der Waals surface area contributed by atoms with Gasteiger partial charge in [-0.25, -0.2) is 0 Å². The standard InChI is InChI=1S/C8H13F3S/c1-12(2)6-7(4-3-5-7)8(9,10)11/h1,3-6H2,2H3. The summed E-state index contributed by atoms with van der Waals surface area (Å²) in [5, 5.41) is 0. The summed E-state index contributed by atoms with van der Waals surface area (Å²) in [4.78, 5) is 0. The van der Waals surface area contributed by atoms with E-state index in [-0.39, 0.29) is 16.2 Å². The highest BCUT2D eigenvalue weighted by Crippen LogP contribution is 2.54. The summed E-state index contributed by atoms with van der Waals surface area (Å²) in [7, 11) is -0.350. The van der Waals surface area contributed by atoms with E-state index in [4.69, 9.17) is 0 Å². The quantitative estimate of drug-likeness (QED) is 0.598. The molecule has 1 aliphatic carbocycles. The number of hydrogen-bond donors (Lipinski definition) is 0. The molecule has 0 bridgehead atoms. The molecule has 1 rings (SSSR count). The number of alkyl halides is 3. The molecule has 1 saturated carbocycles. The lowest BCUT2D eigenvalue weighted by Gasteiger charge is -2.43. The zero-order valence-electron chi connectivity index (χ0n) is 7.08. The topological polar surface area (TPSA) is 0 Å². The minimum absolute atomic E-state index is 0.219. The molecule has 0 saturated heterocycles. The summed E-state index contributed by atoms with van der Waals surface area (Å²) in [5.41, 5.74) is -1.37. The van der Waals surface area contributed by atoms with Crippen molar-refractivity contribution in [3.05, 3.63) is 0 Å². The predicted octanol–water partition coefficient (Wildman–Crippen LogP) is 3.05. The van der Waals surface area contributed by atoms with E-state index in [0.717, 1.165) is 6.42 Å². The minimum atomic E-state index is -4.01. The van der Waals surface area contributed by atoms with Crippen molar-refractivity contribution in [2.75, 3.05) is 12.0 Å². The fraction of sp³-hybridized carbons (Fsp3) is 0.875. The molecule has 1 aliphatic rings. The van der Waals surface area contributed by atoms with Crippen molar-refractivity contribution in [3.63, 3.8) is 0 Å². The Morgan fingerprint density at radius 2 is 1.92 bits per heavy atom. The van der Waals surface area contributed by atoms with E-state index in [1.54, 1.807) is 6.26 Å². The molecule has 1 fully saturated rings. The molecule has 0 spiro atoms. The first-order chi connectivity index (χ1) is 5.37. The fourth-order valence-corrected chi connectivity index (χ4v) is 2.98. The van der Waals surface area contributed by atoms with Gasteiger partial charge in [-0.2, -0.15) is 23.7 Å². The normalized spacial score (nSPS) is 24.7. The van der Waals surface area contributed by atoms with Crippen LogP contribution in [0.4, 0.5) is 13.2 Å². The molecule has 0 aromatic carbocycles. The lowest BCUT2D eigenvalue weighted by molar-refractivity contribution is -0.240. The molecule has 12 heavy (non-hydrogen) atoms. The van der Waals surface area contributed by atoms with Crippen LogP contribution in [0.3, 0.4) is 0 Å². The zero-order chi connectivity index (χ0) is 9.41. The third-order valence-electron chi connectivity index (χ3n) is 2.43. The molecule has 0 amide bonds. The third kappa shape index (κ3) is 1.68. The van der Waals surface area contributed by atoms with Crippen molar-refractivity contribution in [1.82, 2.24) is 0 Å². The molecule has 0 aromatic heterocycles. The molecule has 1 unspecified atom stereocenters. The Morgan fingerprint density at radius 1 is 1.42 bits per heavy atom. The van der Waals surface area contributed by atoms with Crippen molar-refractivity contribution in [1.29, 1.82) is 0 Å². The van der Waals surface area contributed by atoms with Gasteiger partial charge in [0.25, 0.3) is 0 Å². The van der Waals surface area contributed by atoms with Gasteiger partial charge in [0, 0.05) is 5.75 Å². The van der Waals surface area contributed by atoms with Crippen LogP contribution in [0.15, 0.2) is 0 Å². The Bertz CT molecular complexity index is 191. The molecule has 4 heteroatoms. The molecule has 72 valence electrons. The lowest BCUT2D eigenvalue weighted by Crippen LogP contribution is -2.46. The maximum atomic E-state index is 12.5. The molecule has 0 N–H and O–H groups in total. The van der Waals surface area contributed by atoms with Crippen molar-refractivity contribution in [3.8, 4) is 0 Å². The highest BCUT2D eigenvalue weighted by molar-refractivity contribution is 8.13.